The van der Waals surface area contributed by atoms with E-state index in [4.69, 9.17) is 15.0 Å². The SMILES string of the molecule is Cc1cc(-c2ccc(C#N)cc2)ccc1COc1ccccc1-c1csc(N2CCC(C(=O)O)CC2)n1. The standard InChI is InChI=1S/C30H27N3O3S/c1-20-16-24(22-8-6-21(17-31)7-9-22)10-11-25(20)18-36-28-5-3-2-4-26(28)27-19-37-30(32-27)33-14-12-23(13-15-33)29(34)35/h2-11,16,19,23H,12-15,18H2,1H3,(H,34,35). The Hall–Kier alpha value is -4.15. The van der Waals surface area contributed by atoms with E-state index in [1.54, 1.807) is 11.3 Å². The first-order valence-electron chi connectivity index (χ1n) is 12.3. The first-order valence-corrected chi connectivity index (χ1v) is 13.2. The molecule has 2 heterocycles. The number of aliphatic carboxylic acids is 1. The third-order valence-electron chi connectivity index (χ3n) is 6.84. The molecule has 5 rings (SSSR count). The Morgan fingerprint density at radius 1 is 1.11 bits per heavy atom. The predicted octanol–water partition coefficient (Wildman–Crippen LogP) is 6.54. The molecule has 4 aromatic rings. The number of carbonyl (C=O) groups is 1. The van der Waals surface area contributed by atoms with E-state index in [1.165, 1.54) is 0 Å². The van der Waals surface area contributed by atoms with Crippen molar-refractivity contribution in [2.45, 2.75) is 26.4 Å². The van der Waals surface area contributed by atoms with E-state index in [0.717, 1.165) is 44.4 Å². The van der Waals surface area contributed by atoms with Crippen LogP contribution in [0.2, 0.25) is 0 Å². The molecule has 0 spiro atoms. The zero-order valence-corrected chi connectivity index (χ0v) is 21.4. The summed E-state index contributed by atoms with van der Waals surface area (Å²) >= 11 is 1.58. The second-order valence-corrected chi connectivity index (χ2v) is 10.1. The van der Waals surface area contributed by atoms with Crippen LogP contribution in [0.15, 0.2) is 72.1 Å². The monoisotopic (exact) mass is 509 g/mol. The van der Waals surface area contributed by atoms with Gasteiger partial charge in [0.25, 0.3) is 0 Å². The number of rotatable bonds is 7. The van der Waals surface area contributed by atoms with Gasteiger partial charge in [-0.2, -0.15) is 5.26 Å². The van der Waals surface area contributed by atoms with E-state index < -0.39 is 5.97 Å². The molecule has 1 aliphatic rings. The number of nitriles is 1. The van der Waals surface area contributed by atoms with E-state index in [1.807, 2.05) is 53.9 Å². The molecule has 0 unspecified atom stereocenters. The molecule has 0 radical (unpaired) electrons. The number of aryl methyl sites for hydroxylation is 1. The van der Waals surface area contributed by atoms with Crippen LogP contribution < -0.4 is 9.64 Å². The summed E-state index contributed by atoms with van der Waals surface area (Å²) in [5, 5.41) is 21.2. The van der Waals surface area contributed by atoms with Gasteiger partial charge in [-0.15, -0.1) is 11.3 Å². The lowest BCUT2D eigenvalue weighted by Gasteiger charge is -2.29. The average Bonchev–Trinajstić information content (AvgIpc) is 3.43. The second-order valence-electron chi connectivity index (χ2n) is 9.23. The number of hydrogen-bond donors (Lipinski definition) is 1. The molecule has 1 fully saturated rings. The quantitative estimate of drug-likeness (QED) is 0.305. The molecular formula is C30H27N3O3S. The molecule has 6 nitrogen and oxygen atoms in total. The molecule has 0 aliphatic carbocycles. The van der Waals surface area contributed by atoms with Crippen molar-refractivity contribution in [3.05, 3.63) is 88.8 Å². The van der Waals surface area contributed by atoms with Gasteiger partial charge in [0.15, 0.2) is 5.13 Å². The van der Waals surface area contributed by atoms with Gasteiger partial charge in [-0.3, -0.25) is 4.79 Å². The number of benzene rings is 3. The fourth-order valence-electron chi connectivity index (χ4n) is 4.59. The molecule has 0 bridgehead atoms. The molecule has 0 amide bonds. The summed E-state index contributed by atoms with van der Waals surface area (Å²) < 4.78 is 6.28. The van der Waals surface area contributed by atoms with E-state index in [0.29, 0.717) is 38.1 Å². The molecular weight excluding hydrogens is 482 g/mol. The summed E-state index contributed by atoms with van der Waals surface area (Å²) in [4.78, 5) is 18.3. The van der Waals surface area contributed by atoms with Crippen molar-refractivity contribution in [2.75, 3.05) is 18.0 Å². The van der Waals surface area contributed by atoms with Crippen LogP contribution in [0.1, 0.15) is 29.5 Å². The lowest BCUT2D eigenvalue weighted by Crippen LogP contribution is -2.36. The summed E-state index contributed by atoms with van der Waals surface area (Å²) in [6.45, 7) is 3.94. The molecule has 3 aromatic carbocycles. The maximum Gasteiger partial charge on any atom is 0.306 e. The van der Waals surface area contributed by atoms with Crippen molar-refractivity contribution in [3.8, 4) is 34.2 Å². The Bertz CT molecular complexity index is 1450. The van der Waals surface area contributed by atoms with Crippen LogP contribution in [0.3, 0.4) is 0 Å². The maximum absolute atomic E-state index is 11.3. The second kappa shape index (κ2) is 10.9. The minimum Gasteiger partial charge on any atom is -0.488 e. The molecule has 7 heteroatoms. The number of carboxylic acids is 1. The van der Waals surface area contributed by atoms with Crippen molar-refractivity contribution in [1.82, 2.24) is 4.98 Å². The van der Waals surface area contributed by atoms with Crippen LogP contribution in [-0.4, -0.2) is 29.1 Å². The van der Waals surface area contributed by atoms with Crippen molar-refractivity contribution < 1.29 is 14.6 Å². The normalized spacial score (nSPS) is 13.8. The summed E-state index contributed by atoms with van der Waals surface area (Å²) in [6.07, 6.45) is 1.29. The van der Waals surface area contributed by atoms with Crippen LogP contribution in [0, 0.1) is 24.2 Å². The van der Waals surface area contributed by atoms with Gasteiger partial charge in [0.1, 0.15) is 12.4 Å². The largest absolute Gasteiger partial charge is 0.488 e. The third kappa shape index (κ3) is 5.50. The Balaban J connectivity index is 1.28. The zero-order valence-electron chi connectivity index (χ0n) is 20.6. The van der Waals surface area contributed by atoms with Crippen molar-refractivity contribution >= 4 is 22.4 Å². The highest BCUT2D eigenvalue weighted by Crippen LogP contribution is 2.35. The van der Waals surface area contributed by atoms with Crippen LogP contribution in [0.4, 0.5) is 5.13 Å². The Kier molecular flexibility index (Phi) is 7.20. The van der Waals surface area contributed by atoms with Gasteiger partial charge in [-0.25, -0.2) is 4.98 Å². The van der Waals surface area contributed by atoms with Crippen molar-refractivity contribution in [3.63, 3.8) is 0 Å². The predicted molar refractivity (Wildman–Crippen MR) is 146 cm³/mol. The van der Waals surface area contributed by atoms with Crippen LogP contribution in [0.5, 0.6) is 5.75 Å². The Morgan fingerprint density at radius 2 is 1.84 bits per heavy atom. The van der Waals surface area contributed by atoms with Crippen molar-refractivity contribution in [1.29, 1.82) is 5.26 Å². The molecule has 1 saturated heterocycles. The summed E-state index contributed by atoms with van der Waals surface area (Å²) in [7, 11) is 0. The van der Waals surface area contributed by atoms with E-state index in [9.17, 15) is 9.90 Å². The Labute approximate surface area is 220 Å². The van der Waals surface area contributed by atoms with Crippen LogP contribution in [0.25, 0.3) is 22.4 Å². The highest BCUT2D eigenvalue weighted by atomic mass is 32.1. The number of hydrogen-bond acceptors (Lipinski definition) is 6. The number of para-hydroxylation sites is 1. The first-order chi connectivity index (χ1) is 18.0. The first kappa shape index (κ1) is 24.5. The van der Waals surface area contributed by atoms with Crippen LogP contribution in [-0.2, 0) is 11.4 Å². The number of anilines is 1. The molecule has 1 N–H and O–H groups in total. The number of aromatic nitrogens is 1. The summed E-state index contributed by atoms with van der Waals surface area (Å²) in [6, 6.07) is 24.0. The highest BCUT2D eigenvalue weighted by Gasteiger charge is 2.26. The molecule has 1 aliphatic heterocycles. The van der Waals surface area contributed by atoms with E-state index in [2.05, 4.69) is 36.1 Å². The lowest BCUT2D eigenvalue weighted by atomic mass is 9.97. The maximum atomic E-state index is 11.3. The van der Waals surface area contributed by atoms with Gasteiger partial charge in [0.2, 0.25) is 0 Å². The van der Waals surface area contributed by atoms with Gasteiger partial charge in [0.05, 0.1) is 23.2 Å². The summed E-state index contributed by atoms with van der Waals surface area (Å²) in [5.74, 6) is -0.185. The Morgan fingerprint density at radius 3 is 2.54 bits per heavy atom. The fraction of sp³-hybridized carbons (Fsp3) is 0.233. The van der Waals surface area contributed by atoms with E-state index in [-0.39, 0.29) is 5.92 Å². The number of ether oxygens (including phenoxy) is 1. The molecule has 186 valence electrons. The number of thiazole rings is 1. The van der Waals surface area contributed by atoms with Gasteiger partial charge < -0.3 is 14.7 Å². The van der Waals surface area contributed by atoms with Gasteiger partial charge in [-0.05, 0) is 66.3 Å². The van der Waals surface area contributed by atoms with Crippen molar-refractivity contribution in [2.24, 2.45) is 5.92 Å². The fourth-order valence-corrected chi connectivity index (χ4v) is 5.46. The van der Waals surface area contributed by atoms with Crippen LogP contribution >= 0.6 is 11.3 Å². The topological polar surface area (TPSA) is 86.5 Å². The van der Waals surface area contributed by atoms with Gasteiger partial charge >= 0.3 is 5.97 Å². The van der Waals surface area contributed by atoms with E-state index >= 15 is 0 Å². The lowest BCUT2D eigenvalue weighted by molar-refractivity contribution is -0.142. The number of carboxylic acid groups (broad SMARTS) is 1. The average molecular weight is 510 g/mol. The molecule has 0 saturated carbocycles. The number of piperidine rings is 1. The van der Waals surface area contributed by atoms with Gasteiger partial charge in [0, 0.05) is 24.0 Å². The smallest absolute Gasteiger partial charge is 0.306 e. The minimum absolute atomic E-state index is 0.258. The third-order valence-corrected chi connectivity index (χ3v) is 7.74. The molecule has 37 heavy (non-hydrogen) atoms. The highest BCUT2D eigenvalue weighted by molar-refractivity contribution is 7.14. The van der Waals surface area contributed by atoms with Gasteiger partial charge in [-0.1, -0.05) is 42.5 Å². The molecule has 0 atom stereocenters. The zero-order chi connectivity index (χ0) is 25.8. The molecule has 1 aromatic heterocycles. The number of nitrogens with zero attached hydrogens (tertiary/aromatic N) is 3. The summed E-state index contributed by atoms with van der Waals surface area (Å²) in [5.41, 5.74) is 6.88. The minimum atomic E-state index is -0.704.